The van der Waals surface area contributed by atoms with Gasteiger partial charge in [0, 0.05) is 50.5 Å². The molecule has 2 saturated heterocycles. The lowest BCUT2D eigenvalue weighted by atomic mass is 10.00. The molecule has 1 aromatic carbocycles. The molecule has 0 amide bonds. The highest BCUT2D eigenvalue weighted by atomic mass is 19.1. The molecule has 2 aliphatic heterocycles. The Hall–Kier alpha value is -2.32. The number of rotatable bonds is 6. The lowest BCUT2D eigenvalue weighted by Crippen LogP contribution is -2.32. The van der Waals surface area contributed by atoms with Crippen LogP contribution in [0.15, 0.2) is 24.3 Å². The van der Waals surface area contributed by atoms with Crippen LogP contribution in [-0.2, 0) is 4.74 Å². The fourth-order valence-electron chi connectivity index (χ4n) is 5.61. The van der Waals surface area contributed by atoms with Crippen LogP contribution >= 0.6 is 0 Å². The molecule has 0 spiro atoms. The van der Waals surface area contributed by atoms with Gasteiger partial charge in [-0.1, -0.05) is 0 Å². The Kier molecular flexibility index (Phi) is 6.24. The maximum atomic E-state index is 14.1. The highest BCUT2D eigenvalue weighted by Gasteiger charge is 2.41. The topological polar surface area (TPSA) is 59.5 Å². The summed E-state index contributed by atoms with van der Waals surface area (Å²) in [7, 11) is 1.55. The number of ether oxygens (including phenoxy) is 2. The van der Waals surface area contributed by atoms with E-state index in [9.17, 15) is 8.78 Å². The summed E-state index contributed by atoms with van der Waals surface area (Å²) in [6.07, 6.45) is 4.56. The standard InChI is InChI=1S/C24H30F2N4O2/c1-31-23-11-22(20-10-18(25)2-3-21(20)26)28-29-24(23)27-19-8-16-13-30(14-17(16)9-19)12-15-4-6-32-7-5-15/h2-3,10-11,15-17,19H,4-9,12-14H2,1H3,(H,27,29)/t16-,17-/m1/s1. The van der Waals surface area contributed by atoms with Gasteiger partial charge in [-0.25, -0.2) is 8.78 Å². The van der Waals surface area contributed by atoms with E-state index in [1.807, 2.05) is 0 Å². The van der Waals surface area contributed by atoms with Crippen molar-refractivity contribution in [3.05, 3.63) is 35.9 Å². The number of hydrogen-bond donors (Lipinski definition) is 1. The fourth-order valence-corrected chi connectivity index (χ4v) is 5.61. The Bertz CT molecular complexity index is 940. The van der Waals surface area contributed by atoms with Crippen molar-refractivity contribution in [3.63, 3.8) is 0 Å². The smallest absolute Gasteiger partial charge is 0.191 e. The fraction of sp³-hybridized carbons (Fsp3) is 0.583. The van der Waals surface area contributed by atoms with Crippen LogP contribution in [0.3, 0.4) is 0 Å². The second kappa shape index (κ2) is 9.27. The summed E-state index contributed by atoms with van der Waals surface area (Å²) in [5.41, 5.74) is 0.318. The van der Waals surface area contributed by atoms with E-state index in [1.165, 1.54) is 32.5 Å². The van der Waals surface area contributed by atoms with Gasteiger partial charge in [0.25, 0.3) is 0 Å². The first-order chi connectivity index (χ1) is 15.6. The zero-order valence-electron chi connectivity index (χ0n) is 18.4. The average Bonchev–Trinajstić information content (AvgIpc) is 3.34. The quantitative estimate of drug-likeness (QED) is 0.727. The van der Waals surface area contributed by atoms with Gasteiger partial charge in [-0.2, -0.15) is 0 Å². The summed E-state index contributed by atoms with van der Waals surface area (Å²) < 4.78 is 38.7. The highest BCUT2D eigenvalue weighted by molar-refractivity contribution is 5.64. The first-order valence-electron chi connectivity index (χ1n) is 11.5. The van der Waals surface area contributed by atoms with E-state index in [-0.39, 0.29) is 11.3 Å². The monoisotopic (exact) mass is 444 g/mol. The molecule has 0 bridgehead atoms. The maximum Gasteiger partial charge on any atom is 0.191 e. The predicted molar refractivity (Wildman–Crippen MR) is 118 cm³/mol. The minimum Gasteiger partial charge on any atom is -0.493 e. The van der Waals surface area contributed by atoms with Crippen molar-refractivity contribution < 1.29 is 18.3 Å². The van der Waals surface area contributed by atoms with Crippen molar-refractivity contribution in [2.45, 2.75) is 31.7 Å². The van der Waals surface area contributed by atoms with Crippen LogP contribution in [0, 0.1) is 29.4 Å². The number of likely N-dealkylation sites (tertiary alicyclic amines) is 1. The van der Waals surface area contributed by atoms with Crippen LogP contribution in [0.2, 0.25) is 0 Å². The largest absolute Gasteiger partial charge is 0.493 e. The van der Waals surface area contributed by atoms with Gasteiger partial charge < -0.3 is 19.7 Å². The molecule has 3 heterocycles. The average molecular weight is 445 g/mol. The third kappa shape index (κ3) is 4.57. The van der Waals surface area contributed by atoms with Gasteiger partial charge in [-0.05, 0) is 61.6 Å². The van der Waals surface area contributed by atoms with Crippen molar-refractivity contribution >= 4 is 5.82 Å². The number of halogens is 2. The van der Waals surface area contributed by atoms with E-state index in [0.29, 0.717) is 29.4 Å². The van der Waals surface area contributed by atoms with Crippen LogP contribution in [-0.4, -0.2) is 61.1 Å². The Balaban J connectivity index is 1.21. The van der Waals surface area contributed by atoms with Crippen molar-refractivity contribution in [1.82, 2.24) is 15.1 Å². The number of benzene rings is 1. The summed E-state index contributed by atoms with van der Waals surface area (Å²) in [5.74, 6) is 2.15. The van der Waals surface area contributed by atoms with E-state index in [1.54, 1.807) is 13.2 Å². The molecule has 3 aliphatic rings. The summed E-state index contributed by atoms with van der Waals surface area (Å²) in [5, 5.41) is 11.9. The number of methoxy groups -OCH3 is 1. The molecular formula is C24H30F2N4O2. The lowest BCUT2D eigenvalue weighted by Gasteiger charge is -2.27. The van der Waals surface area contributed by atoms with E-state index in [0.717, 1.165) is 50.2 Å². The second-order valence-electron chi connectivity index (χ2n) is 9.38. The van der Waals surface area contributed by atoms with Gasteiger partial charge in [0.2, 0.25) is 0 Å². The van der Waals surface area contributed by atoms with Gasteiger partial charge in [-0.15, -0.1) is 10.2 Å². The van der Waals surface area contributed by atoms with Gasteiger partial charge in [0.15, 0.2) is 11.6 Å². The number of nitrogens with one attached hydrogen (secondary N) is 1. The molecule has 2 aromatic rings. The molecule has 172 valence electrons. The SMILES string of the molecule is COc1cc(-c2cc(F)ccc2F)nnc1NC1C[C@@H]2CN(CC3CCOCC3)C[C@H]2C1. The number of anilines is 1. The van der Waals surface area contributed by atoms with Crippen molar-refractivity contribution in [3.8, 4) is 17.0 Å². The summed E-state index contributed by atoms with van der Waals surface area (Å²) in [6.45, 7) is 5.35. The normalized spacial score (nSPS) is 24.6. The number of aromatic nitrogens is 2. The Morgan fingerprint density at radius 3 is 2.56 bits per heavy atom. The van der Waals surface area contributed by atoms with Crippen LogP contribution in [0.1, 0.15) is 25.7 Å². The molecule has 0 radical (unpaired) electrons. The van der Waals surface area contributed by atoms with Crippen LogP contribution in [0.5, 0.6) is 5.75 Å². The highest BCUT2D eigenvalue weighted by Crippen LogP contribution is 2.40. The summed E-state index contributed by atoms with van der Waals surface area (Å²) in [6, 6.07) is 5.22. The van der Waals surface area contributed by atoms with Crippen LogP contribution < -0.4 is 10.1 Å². The molecule has 0 unspecified atom stereocenters. The van der Waals surface area contributed by atoms with E-state index >= 15 is 0 Å². The molecule has 8 heteroatoms. The van der Waals surface area contributed by atoms with Gasteiger partial charge in [-0.3, -0.25) is 0 Å². The number of fused-ring (bicyclic) bond motifs is 1. The molecule has 3 fully saturated rings. The predicted octanol–water partition coefficient (Wildman–Crippen LogP) is 3.98. The van der Waals surface area contributed by atoms with E-state index < -0.39 is 11.6 Å². The molecule has 1 saturated carbocycles. The van der Waals surface area contributed by atoms with Crippen LogP contribution in [0.25, 0.3) is 11.3 Å². The Morgan fingerprint density at radius 2 is 1.84 bits per heavy atom. The first kappa shape index (κ1) is 21.5. The van der Waals surface area contributed by atoms with E-state index in [4.69, 9.17) is 9.47 Å². The second-order valence-corrected chi connectivity index (χ2v) is 9.38. The summed E-state index contributed by atoms with van der Waals surface area (Å²) in [4.78, 5) is 2.64. The molecular weight excluding hydrogens is 414 g/mol. The third-order valence-corrected chi connectivity index (χ3v) is 7.21. The molecule has 1 aliphatic carbocycles. The van der Waals surface area contributed by atoms with Crippen molar-refractivity contribution in [2.24, 2.45) is 17.8 Å². The van der Waals surface area contributed by atoms with Crippen molar-refractivity contribution in [1.29, 1.82) is 0 Å². The number of nitrogens with zero attached hydrogens (tertiary/aromatic N) is 3. The van der Waals surface area contributed by atoms with E-state index in [2.05, 4.69) is 20.4 Å². The van der Waals surface area contributed by atoms with Crippen molar-refractivity contribution in [2.75, 3.05) is 45.3 Å². The Labute approximate surface area is 187 Å². The molecule has 2 atom stereocenters. The third-order valence-electron chi connectivity index (χ3n) is 7.21. The first-order valence-corrected chi connectivity index (χ1v) is 11.5. The Morgan fingerprint density at radius 1 is 1.09 bits per heavy atom. The lowest BCUT2D eigenvalue weighted by molar-refractivity contribution is 0.0545. The maximum absolute atomic E-state index is 14.1. The minimum absolute atomic E-state index is 0.0716. The minimum atomic E-state index is -0.544. The zero-order valence-corrected chi connectivity index (χ0v) is 18.4. The summed E-state index contributed by atoms with van der Waals surface area (Å²) >= 11 is 0. The number of hydrogen-bond acceptors (Lipinski definition) is 6. The van der Waals surface area contributed by atoms with Crippen LogP contribution in [0.4, 0.5) is 14.6 Å². The molecule has 1 N–H and O–H groups in total. The molecule has 32 heavy (non-hydrogen) atoms. The zero-order chi connectivity index (χ0) is 22.1. The van der Waals surface area contributed by atoms with Gasteiger partial charge in [0.1, 0.15) is 11.6 Å². The van der Waals surface area contributed by atoms with Gasteiger partial charge in [0.05, 0.1) is 12.8 Å². The van der Waals surface area contributed by atoms with Gasteiger partial charge >= 0.3 is 0 Å². The molecule has 1 aromatic heterocycles. The molecule has 5 rings (SSSR count). The molecule has 6 nitrogen and oxygen atoms in total.